The van der Waals surface area contributed by atoms with Crippen LogP contribution in [0.15, 0.2) is 18.2 Å². The maximum Gasteiger partial charge on any atom is 0.123 e. The Morgan fingerprint density at radius 2 is 2.22 bits per heavy atom. The quantitative estimate of drug-likeness (QED) is 0.647. The smallest absolute Gasteiger partial charge is 0.123 e. The third-order valence-electron chi connectivity index (χ3n) is 4.22. The summed E-state index contributed by atoms with van der Waals surface area (Å²) >= 11 is 6.18. The minimum Gasteiger partial charge on any atom is -0.271 e. The molecule has 1 aromatic carbocycles. The number of hydrogen-bond donors (Lipinski definition) is 2. The number of hydrazine groups is 1. The Hall–Kier alpha value is -0.640. The standard InChI is InChI=1S/C14H20ClFN2/c1-14(2)7-3-4-11(14)13(18-17)10-8-9(16)5-6-12(10)15/h5-6,8,11,13,18H,3-4,7,17H2,1-2H3. The molecule has 3 N–H and O–H groups in total. The van der Waals surface area contributed by atoms with E-state index >= 15 is 0 Å². The molecule has 0 radical (unpaired) electrons. The van der Waals surface area contributed by atoms with Gasteiger partial charge in [0.15, 0.2) is 0 Å². The lowest BCUT2D eigenvalue weighted by molar-refractivity contribution is 0.198. The van der Waals surface area contributed by atoms with E-state index in [9.17, 15) is 4.39 Å². The van der Waals surface area contributed by atoms with Gasteiger partial charge in [0.05, 0.1) is 6.04 Å². The van der Waals surface area contributed by atoms with Crippen LogP contribution in [0.1, 0.15) is 44.7 Å². The lowest BCUT2D eigenvalue weighted by Gasteiger charge is -2.34. The van der Waals surface area contributed by atoms with E-state index in [0.717, 1.165) is 12.0 Å². The van der Waals surface area contributed by atoms with Crippen molar-refractivity contribution >= 4 is 11.6 Å². The van der Waals surface area contributed by atoms with Gasteiger partial charge in [-0.1, -0.05) is 31.9 Å². The van der Waals surface area contributed by atoms with E-state index in [2.05, 4.69) is 19.3 Å². The molecule has 0 bridgehead atoms. The highest BCUT2D eigenvalue weighted by Gasteiger charge is 2.40. The van der Waals surface area contributed by atoms with E-state index in [1.165, 1.54) is 25.0 Å². The van der Waals surface area contributed by atoms with Gasteiger partial charge in [0.25, 0.3) is 0 Å². The van der Waals surface area contributed by atoms with Gasteiger partial charge in [0.1, 0.15) is 5.82 Å². The summed E-state index contributed by atoms with van der Waals surface area (Å²) in [5, 5.41) is 0.571. The van der Waals surface area contributed by atoms with Crippen molar-refractivity contribution in [1.82, 2.24) is 5.43 Å². The molecule has 18 heavy (non-hydrogen) atoms. The maximum atomic E-state index is 13.4. The van der Waals surface area contributed by atoms with Crippen LogP contribution in [0.4, 0.5) is 4.39 Å². The van der Waals surface area contributed by atoms with E-state index in [1.54, 1.807) is 6.07 Å². The van der Waals surface area contributed by atoms with E-state index in [4.69, 9.17) is 17.4 Å². The molecule has 1 aliphatic rings. The molecule has 1 aliphatic carbocycles. The van der Waals surface area contributed by atoms with Crippen LogP contribution in [-0.4, -0.2) is 0 Å². The summed E-state index contributed by atoms with van der Waals surface area (Å²) in [6.07, 6.45) is 3.44. The number of nitrogens with two attached hydrogens (primary N) is 1. The second-order valence-corrected chi connectivity index (χ2v) is 6.20. The fraction of sp³-hybridized carbons (Fsp3) is 0.571. The summed E-state index contributed by atoms with van der Waals surface area (Å²) in [5.41, 5.74) is 3.80. The third-order valence-corrected chi connectivity index (χ3v) is 4.56. The van der Waals surface area contributed by atoms with Crippen LogP contribution >= 0.6 is 11.6 Å². The lowest BCUT2D eigenvalue weighted by atomic mass is 9.75. The van der Waals surface area contributed by atoms with Crippen LogP contribution in [0.3, 0.4) is 0 Å². The molecule has 0 saturated heterocycles. The second kappa shape index (κ2) is 5.16. The molecule has 2 rings (SSSR count). The fourth-order valence-electron chi connectivity index (χ4n) is 3.15. The predicted molar refractivity (Wildman–Crippen MR) is 72.6 cm³/mol. The van der Waals surface area contributed by atoms with Crippen molar-refractivity contribution in [2.45, 2.75) is 39.2 Å². The number of nitrogens with one attached hydrogen (secondary N) is 1. The van der Waals surface area contributed by atoms with Crippen molar-refractivity contribution in [2.75, 3.05) is 0 Å². The normalized spacial score (nSPS) is 24.2. The molecule has 0 spiro atoms. The molecule has 1 saturated carbocycles. The number of hydrogen-bond acceptors (Lipinski definition) is 2. The molecular formula is C14H20ClFN2. The molecule has 2 atom stereocenters. The van der Waals surface area contributed by atoms with E-state index in [-0.39, 0.29) is 17.3 Å². The van der Waals surface area contributed by atoms with E-state index in [0.29, 0.717) is 10.9 Å². The van der Waals surface area contributed by atoms with Gasteiger partial charge in [0.2, 0.25) is 0 Å². The predicted octanol–water partition coefficient (Wildman–Crippen LogP) is 3.81. The lowest BCUT2D eigenvalue weighted by Crippen LogP contribution is -2.38. The van der Waals surface area contributed by atoms with E-state index in [1.807, 2.05) is 0 Å². The Morgan fingerprint density at radius 3 is 2.78 bits per heavy atom. The van der Waals surface area contributed by atoms with Crippen molar-refractivity contribution in [3.63, 3.8) is 0 Å². The summed E-state index contributed by atoms with van der Waals surface area (Å²) in [6, 6.07) is 4.37. The Morgan fingerprint density at radius 1 is 1.50 bits per heavy atom. The van der Waals surface area contributed by atoms with Crippen molar-refractivity contribution in [3.8, 4) is 0 Å². The Kier molecular flexibility index (Phi) is 3.95. The molecule has 0 aliphatic heterocycles. The summed E-state index contributed by atoms with van der Waals surface area (Å²) in [6.45, 7) is 4.48. The molecule has 0 aromatic heterocycles. The monoisotopic (exact) mass is 270 g/mol. The number of halogens is 2. The van der Waals surface area contributed by atoms with Gasteiger partial charge in [-0.3, -0.25) is 11.3 Å². The molecule has 2 nitrogen and oxygen atoms in total. The molecular weight excluding hydrogens is 251 g/mol. The first kappa shape index (κ1) is 13.8. The molecule has 2 unspecified atom stereocenters. The average Bonchev–Trinajstić information content (AvgIpc) is 2.65. The molecule has 4 heteroatoms. The summed E-state index contributed by atoms with van der Waals surface area (Å²) < 4.78 is 13.4. The van der Waals surface area contributed by atoms with Crippen LogP contribution in [0.25, 0.3) is 0 Å². The highest BCUT2D eigenvalue weighted by atomic mass is 35.5. The van der Waals surface area contributed by atoms with Crippen LogP contribution in [0.2, 0.25) is 5.02 Å². The van der Waals surface area contributed by atoms with Crippen molar-refractivity contribution in [1.29, 1.82) is 0 Å². The first-order valence-electron chi connectivity index (χ1n) is 6.37. The largest absolute Gasteiger partial charge is 0.271 e. The second-order valence-electron chi connectivity index (χ2n) is 5.80. The highest BCUT2D eigenvalue weighted by Crippen LogP contribution is 2.49. The highest BCUT2D eigenvalue weighted by molar-refractivity contribution is 6.31. The third kappa shape index (κ3) is 2.53. The van der Waals surface area contributed by atoms with Gasteiger partial charge in [-0.05, 0) is 47.9 Å². The van der Waals surface area contributed by atoms with Crippen LogP contribution < -0.4 is 11.3 Å². The summed E-state index contributed by atoms with van der Waals surface area (Å²) in [4.78, 5) is 0. The topological polar surface area (TPSA) is 38.0 Å². The number of rotatable bonds is 3. The zero-order chi connectivity index (χ0) is 13.3. The molecule has 1 fully saturated rings. The molecule has 0 amide bonds. The van der Waals surface area contributed by atoms with Crippen molar-refractivity contribution < 1.29 is 4.39 Å². The maximum absolute atomic E-state index is 13.4. The minimum atomic E-state index is -0.273. The fourth-order valence-corrected chi connectivity index (χ4v) is 3.38. The van der Waals surface area contributed by atoms with Crippen LogP contribution in [0, 0.1) is 17.2 Å². The zero-order valence-corrected chi connectivity index (χ0v) is 11.6. The van der Waals surface area contributed by atoms with Crippen molar-refractivity contribution in [2.24, 2.45) is 17.2 Å². The molecule has 100 valence electrons. The van der Waals surface area contributed by atoms with Crippen LogP contribution in [-0.2, 0) is 0 Å². The summed E-state index contributed by atoms with van der Waals surface area (Å²) in [7, 11) is 0. The Labute approximate surface area is 113 Å². The first-order valence-corrected chi connectivity index (χ1v) is 6.74. The Bertz CT molecular complexity index is 434. The van der Waals surface area contributed by atoms with Gasteiger partial charge in [0, 0.05) is 5.02 Å². The van der Waals surface area contributed by atoms with Crippen molar-refractivity contribution in [3.05, 3.63) is 34.6 Å². The van der Waals surface area contributed by atoms with Gasteiger partial charge < -0.3 is 0 Å². The van der Waals surface area contributed by atoms with Gasteiger partial charge in [-0.25, -0.2) is 4.39 Å². The first-order chi connectivity index (χ1) is 8.45. The van der Waals surface area contributed by atoms with Crippen LogP contribution in [0.5, 0.6) is 0 Å². The molecule has 1 aromatic rings. The average molecular weight is 271 g/mol. The minimum absolute atomic E-state index is 0.0919. The van der Waals surface area contributed by atoms with E-state index < -0.39 is 0 Å². The molecule has 0 heterocycles. The zero-order valence-electron chi connectivity index (χ0n) is 10.8. The van der Waals surface area contributed by atoms with Gasteiger partial charge in [-0.15, -0.1) is 0 Å². The van der Waals surface area contributed by atoms with Gasteiger partial charge in [-0.2, -0.15) is 0 Å². The summed E-state index contributed by atoms with van der Waals surface area (Å²) in [5.74, 6) is 5.80. The SMILES string of the molecule is CC1(C)CCCC1C(NN)c1cc(F)ccc1Cl. The number of benzene rings is 1. The van der Waals surface area contributed by atoms with Gasteiger partial charge >= 0.3 is 0 Å². The Balaban J connectivity index is 2.36.